The number of likely N-dealkylation sites (N-methyl/N-ethyl adjacent to an activating group) is 1. The van der Waals surface area contributed by atoms with Crippen molar-refractivity contribution in [2.24, 2.45) is 0 Å². The summed E-state index contributed by atoms with van der Waals surface area (Å²) in [4.78, 5) is 28.3. The smallest absolute Gasteiger partial charge is 0.253 e. The van der Waals surface area contributed by atoms with Crippen LogP contribution < -0.4 is 10.9 Å². The van der Waals surface area contributed by atoms with E-state index < -0.39 is 0 Å². The summed E-state index contributed by atoms with van der Waals surface area (Å²) >= 11 is 0. The van der Waals surface area contributed by atoms with Gasteiger partial charge >= 0.3 is 0 Å². The maximum Gasteiger partial charge on any atom is 0.253 e. The molecule has 0 atom stereocenters. The molecule has 0 saturated heterocycles. The predicted octanol–water partition coefficient (Wildman–Crippen LogP) is 2.06. The number of nitrogens with one attached hydrogen (secondary N) is 1. The number of carbonyl (C=O) groups excluding carboxylic acids is 1. The van der Waals surface area contributed by atoms with Crippen molar-refractivity contribution in [1.82, 2.24) is 19.4 Å². The SMILES string of the molecule is CNC(=O)Cn1ccc(-n2cc(-c3cccc(C)c3)nc2C)cc1=O. The molecule has 0 bridgehead atoms. The second kappa shape index (κ2) is 6.76. The normalized spacial score (nSPS) is 10.7. The van der Waals surface area contributed by atoms with E-state index in [0.717, 1.165) is 22.8 Å². The minimum Gasteiger partial charge on any atom is -0.358 e. The summed E-state index contributed by atoms with van der Waals surface area (Å²) < 4.78 is 3.25. The highest BCUT2D eigenvalue weighted by Gasteiger charge is 2.10. The van der Waals surface area contributed by atoms with Crippen molar-refractivity contribution >= 4 is 5.91 Å². The molecular formula is C19H20N4O2. The van der Waals surface area contributed by atoms with Crippen LogP contribution in [0.2, 0.25) is 0 Å². The van der Waals surface area contributed by atoms with Gasteiger partial charge in [0, 0.05) is 31.1 Å². The monoisotopic (exact) mass is 336 g/mol. The summed E-state index contributed by atoms with van der Waals surface area (Å²) in [6.45, 7) is 3.95. The molecule has 0 radical (unpaired) electrons. The average Bonchev–Trinajstić information content (AvgIpc) is 2.98. The third-order valence-corrected chi connectivity index (χ3v) is 4.05. The average molecular weight is 336 g/mol. The molecule has 128 valence electrons. The number of carbonyl (C=O) groups is 1. The molecule has 3 rings (SSSR count). The minimum absolute atomic E-state index is 0.00701. The lowest BCUT2D eigenvalue weighted by atomic mass is 10.1. The van der Waals surface area contributed by atoms with Crippen LogP contribution >= 0.6 is 0 Å². The summed E-state index contributed by atoms with van der Waals surface area (Å²) in [5, 5.41) is 2.51. The first kappa shape index (κ1) is 16.7. The van der Waals surface area contributed by atoms with Crippen LogP contribution in [0.25, 0.3) is 16.9 Å². The first-order valence-corrected chi connectivity index (χ1v) is 8.02. The van der Waals surface area contributed by atoms with Crippen molar-refractivity contribution in [3.8, 4) is 16.9 Å². The Hall–Kier alpha value is -3.15. The van der Waals surface area contributed by atoms with E-state index in [-0.39, 0.29) is 18.0 Å². The number of aryl methyl sites for hydroxylation is 2. The van der Waals surface area contributed by atoms with Gasteiger partial charge in [-0.15, -0.1) is 0 Å². The third kappa shape index (κ3) is 3.52. The van der Waals surface area contributed by atoms with E-state index in [1.165, 1.54) is 16.2 Å². The summed E-state index contributed by atoms with van der Waals surface area (Å²) in [5.41, 5.74) is 3.56. The van der Waals surface area contributed by atoms with Crippen LogP contribution in [0.5, 0.6) is 0 Å². The molecule has 0 spiro atoms. The van der Waals surface area contributed by atoms with E-state index in [2.05, 4.69) is 16.4 Å². The van der Waals surface area contributed by atoms with Gasteiger partial charge in [0.25, 0.3) is 5.56 Å². The Bertz CT molecular complexity index is 985. The van der Waals surface area contributed by atoms with Gasteiger partial charge in [-0.2, -0.15) is 0 Å². The van der Waals surface area contributed by atoms with Gasteiger partial charge in [0.15, 0.2) is 0 Å². The van der Waals surface area contributed by atoms with Crippen molar-refractivity contribution in [3.63, 3.8) is 0 Å². The molecule has 0 aliphatic heterocycles. The van der Waals surface area contributed by atoms with Crippen molar-refractivity contribution in [1.29, 1.82) is 0 Å². The number of hydrogen-bond donors (Lipinski definition) is 1. The van der Waals surface area contributed by atoms with Gasteiger partial charge in [0.2, 0.25) is 5.91 Å². The molecule has 0 aliphatic rings. The zero-order chi connectivity index (χ0) is 18.0. The Morgan fingerprint density at radius 1 is 1.20 bits per heavy atom. The number of imidazole rings is 1. The summed E-state index contributed by atoms with van der Waals surface area (Å²) in [5.74, 6) is 0.579. The number of rotatable bonds is 4. The fourth-order valence-electron chi connectivity index (χ4n) is 2.69. The van der Waals surface area contributed by atoms with Gasteiger partial charge in [-0.1, -0.05) is 23.8 Å². The number of amides is 1. The lowest BCUT2D eigenvalue weighted by Crippen LogP contribution is -2.29. The fourth-order valence-corrected chi connectivity index (χ4v) is 2.69. The maximum atomic E-state index is 12.2. The molecule has 0 aliphatic carbocycles. The second-order valence-electron chi connectivity index (χ2n) is 5.94. The van der Waals surface area contributed by atoms with Crippen LogP contribution in [-0.4, -0.2) is 27.1 Å². The standard InChI is InChI=1S/C19H20N4O2/c1-13-5-4-6-15(9-13)17-11-23(14(2)21-17)16-7-8-22(19(25)10-16)12-18(24)20-3/h4-11H,12H2,1-3H3,(H,20,24). The Morgan fingerprint density at radius 3 is 2.68 bits per heavy atom. The van der Waals surface area contributed by atoms with Gasteiger partial charge in [0.1, 0.15) is 12.4 Å². The molecule has 2 aromatic heterocycles. The van der Waals surface area contributed by atoms with Crippen molar-refractivity contribution in [2.75, 3.05) is 7.05 Å². The van der Waals surface area contributed by atoms with Crippen LogP contribution in [-0.2, 0) is 11.3 Å². The Labute approximate surface area is 145 Å². The minimum atomic E-state index is -0.230. The van der Waals surface area contributed by atoms with Gasteiger partial charge in [-0.25, -0.2) is 4.98 Å². The summed E-state index contributed by atoms with van der Waals surface area (Å²) in [6, 6.07) is 11.4. The molecule has 1 N–H and O–H groups in total. The zero-order valence-corrected chi connectivity index (χ0v) is 14.5. The van der Waals surface area contributed by atoms with E-state index in [4.69, 9.17) is 0 Å². The molecule has 1 amide bonds. The van der Waals surface area contributed by atoms with Crippen LogP contribution in [0.3, 0.4) is 0 Å². The highest BCUT2D eigenvalue weighted by molar-refractivity contribution is 5.75. The molecule has 6 nitrogen and oxygen atoms in total. The quantitative estimate of drug-likeness (QED) is 0.793. The Kier molecular flexibility index (Phi) is 4.52. The zero-order valence-electron chi connectivity index (χ0n) is 14.5. The van der Waals surface area contributed by atoms with Gasteiger partial charge in [0.05, 0.1) is 11.4 Å². The number of nitrogens with zero attached hydrogens (tertiary/aromatic N) is 3. The Balaban J connectivity index is 1.96. The van der Waals surface area contributed by atoms with E-state index in [1.807, 2.05) is 42.8 Å². The second-order valence-corrected chi connectivity index (χ2v) is 5.94. The first-order chi connectivity index (χ1) is 12.0. The highest BCUT2D eigenvalue weighted by atomic mass is 16.2. The lowest BCUT2D eigenvalue weighted by molar-refractivity contribution is -0.121. The molecule has 3 aromatic rings. The van der Waals surface area contributed by atoms with Crippen molar-refractivity contribution in [2.45, 2.75) is 20.4 Å². The molecule has 6 heteroatoms. The van der Waals surface area contributed by atoms with Crippen molar-refractivity contribution < 1.29 is 4.79 Å². The Morgan fingerprint density at radius 2 is 2.00 bits per heavy atom. The first-order valence-electron chi connectivity index (χ1n) is 8.02. The third-order valence-electron chi connectivity index (χ3n) is 4.05. The van der Waals surface area contributed by atoms with Gasteiger partial charge in [-0.05, 0) is 26.0 Å². The number of hydrogen-bond acceptors (Lipinski definition) is 3. The number of pyridine rings is 1. The topological polar surface area (TPSA) is 68.9 Å². The van der Waals surface area contributed by atoms with E-state index in [0.29, 0.717) is 0 Å². The molecule has 0 fully saturated rings. The van der Waals surface area contributed by atoms with Crippen molar-refractivity contribution in [3.05, 3.63) is 70.5 Å². The lowest BCUT2D eigenvalue weighted by Gasteiger charge is -2.08. The number of benzene rings is 1. The van der Waals surface area contributed by atoms with Crippen LogP contribution in [0.4, 0.5) is 0 Å². The van der Waals surface area contributed by atoms with Gasteiger partial charge in [-0.3, -0.25) is 9.59 Å². The molecule has 0 unspecified atom stereocenters. The summed E-state index contributed by atoms with van der Waals surface area (Å²) in [7, 11) is 1.55. The van der Waals surface area contributed by atoms with Crippen LogP contribution in [0, 0.1) is 13.8 Å². The highest BCUT2D eigenvalue weighted by Crippen LogP contribution is 2.21. The molecular weight excluding hydrogens is 316 g/mol. The largest absolute Gasteiger partial charge is 0.358 e. The van der Waals surface area contributed by atoms with E-state index >= 15 is 0 Å². The van der Waals surface area contributed by atoms with E-state index in [1.54, 1.807) is 19.3 Å². The molecule has 1 aromatic carbocycles. The molecule has 0 saturated carbocycles. The predicted molar refractivity (Wildman–Crippen MR) is 96.8 cm³/mol. The van der Waals surface area contributed by atoms with Gasteiger partial charge < -0.3 is 14.5 Å². The van der Waals surface area contributed by atoms with Crippen LogP contribution in [0.1, 0.15) is 11.4 Å². The summed E-state index contributed by atoms with van der Waals surface area (Å²) in [6.07, 6.45) is 3.54. The van der Waals surface area contributed by atoms with E-state index in [9.17, 15) is 9.59 Å². The fraction of sp³-hybridized carbons (Fsp3) is 0.211. The molecule has 2 heterocycles. The maximum absolute atomic E-state index is 12.2. The molecule has 25 heavy (non-hydrogen) atoms. The van der Waals surface area contributed by atoms with Crippen LogP contribution in [0.15, 0.2) is 53.6 Å². The number of aromatic nitrogens is 3.